The van der Waals surface area contributed by atoms with Crippen molar-refractivity contribution < 1.29 is 9.18 Å². The van der Waals surface area contributed by atoms with Crippen LogP contribution in [0.1, 0.15) is 28.9 Å². The minimum Gasteiger partial charge on any atom is -0.324 e. The van der Waals surface area contributed by atoms with Crippen LogP contribution in [0.4, 0.5) is 10.1 Å². The molecular weight excluding hydrogens is 245 g/mol. The topological polar surface area (TPSA) is 68.0 Å². The number of anilines is 1. The first-order chi connectivity index (χ1) is 9.08. The number of nitrogens with one attached hydrogen (secondary N) is 1. The number of carbonyl (C=O) groups excluding carboxylic acids is 1. The van der Waals surface area contributed by atoms with Gasteiger partial charge >= 0.3 is 0 Å². The van der Waals surface area contributed by atoms with Gasteiger partial charge in [0.25, 0.3) is 5.91 Å². The molecule has 2 aromatic rings. The van der Waals surface area contributed by atoms with Crippen molar-refractivity contribution in [3.63, 3.8) is 0 Å². The van der Waals surface area contributed by atoms with E-state index in [0.29, 0.717) is 11.3 Å². The Morgan fingerprint density at radius 2 is 2.00 bits per heavy atom. The molecule has 0 radical (unpaired) electrons. The first kappa shape index (κ1) is 13.2. The summed E-state index contributed by atoms with van der Waals surface area (Å²) >= 11 is 0. The Hall–Kier alpha value is -2.27. The van der Waals surface area contributed by atoms with E-state index in [0.717, 1.165) is 0 Å². The van der Waals surface area contributed by atoms with Crippen LogP contribution in [0.3, 0.4) is 0 Å². The van der Waals surface area contributed by atoms with Crippen LogP contribution < -0.4 is 11.1 Å². The molecule has 1 aromatic heterocycles. The van der Waals surface area contributed by atoms with E-state index in [4.69, 9.17) is 5.73 Å². The van der Waals surface area contributed by atoms with E-state index in [2.05, 4.69) is 10.3 Å². The fourth-order valence-electron chi connectivity index (χ4n) is 1.68. The molecule has 0 aliphatic rings. The number of nitrogens with two attached hydrogens (primary N) is 1. The number of amides is 1. The predicted octanol–water partition coefficient (Wildman–Crippen LogP) is 2.49. The van der Waals surface area contributed by atoms with E-state index in [-0.39, 0.29) is 11.5 Å². The van der Waals surface area contributed by atoms with Crippen LogP contribution in [0.2, 0.25) is 0 Å². The van der Waals surface area contributed by atoms with Gasteiger partial charge in [0.1, 0.15) is 5.82 Å². The van der Waals surface area contributed by atoms with Crippen molar-refractivity contribution in [3.8, 4) is 0 Å². The van der Waals surface area contributed by atoms with Gasteiger partial charge < -0.3 is 11.1 Å². The molecule has 1 heterocycles. The van der Waals surface area contributed by atoms with E-state index >= 15 is 0 Å². The number of rotatable bonds is 3. The number of benzene rings is 1. The number of nitrogens with zero attached hydrogens (tertiary/aromatic N) is 1. The second-order valence-electron chi connectivity index (χ2n) is 4.21. The van der Waals surface area contributed by atoms with E-state index < -0.39 is 11.9 Å². The van der Waals surface area contributed by atoms with Gasteiger partial charge in [0.2, 0.25) is 0 Å². The molecule has 4 nitrogen and oxygen atoms in total. The highest BCUT2D eigenvalue weighted by Gasteiger charge is 2.12. The van der Waals surface area contributed by atoms with Crippen molar-refractivity contribution in [3.05, 3.63) is 59.7 Å². The zero-order chi connectivity index (χ0) is 13.8. The van der Waals surface area contributed by atoms with Crippen LogP contribution in [0.15, 0.2) is 42.7 Å². The Labute approximate surface area is 110 Å². The molecule has 3 N–H and O–H groups in total. The Morgan fingerprint density at radius 3 is 2.58 bits per heavy atom. The lowest BCUT2D eigenvalue weighted by Gasteiger charge is -2.09. The first-order valence-electron chi connectivity index (χ1n) is 5.84. The van der Waals surface area contributed by atoms with Crippen molar-refractivity contribution >= 4 is 11.6 Å². The lowest BCUT2D eigenvalue weighted by molar-refractivity contribution is 0.102. The SMILES string of the molecule is CC(N)c1ccc(C(=O)Nc2ccncc2)cc1F. The van der Waals surface area contributed by atoms with Gasteiger partial charge in [-0.15, -0.1) is 0 Å². The highest BCUT2D eigenvalue weighted by molar-refractivity contribution is 6.04. The van der Waals surface area contributed by atoms with E-state index in [1.165, 1.54) is 12.1 Å². The maximum Gasteiger partial charge on any atom is 0.255 e. The zero-order valence-electron chi connectivity index (χ0n) is 10.4. The first-order valence-corrected chi connectivity index (χ1v) is 5.84. The van der Waals surface area contributed by atoms with Crippen molar-refractivity contribution in [2.45, 2.75) is 13.0 Å². The third kappa shape index (κ3) is 3.14. The lowest BCUT2D eigenvalue weighted by atomic mass is 10.1. The van der Waals surface area contributed by atoms with Gasteiger partial charge in [0, 0.05) is 35.2 Å². The molecule has 1 unspecified atom stereocenters. The van der Waals surface area contributed by atoms with Gasteiger partial charge in [-0.2, -0.15) is 0 Å². The van der Waals surface area contributed by atoms with Crippen molar-refractivity contribution in [2.24, 2.45) is 5.73 Å². The molecule has 0 aliphatic carbocycles. The highest BCUT2D eigenvalue weighted by atomic mass is 19.1. The summed E-state index contributed by atoms with van der Waals surface area (Å²) in [4.78, 5) is 15.8. The number of hydrogen-bond donors (Lipinski definition) is 2. The lowest BCUT2D eigenvalue weighted by Crippen LogP contribution is -2.14. The molecule has 0 bridgehead atoms. The monoisotopic (exact) mass is 259 g/mol. The highest BCUT2D eigenvalue weighted by Crippen LogP contribution is 2.17. The number of carbonyl (C=O) groups is 1. The third-order valence-electron chi connectivity index (χ3n) is 2.69. The van der Waals surface area contributed by atoms with E-state index in [1.54, 1.807) is 37.5 Å². The molecule has 98 valence electrons. The largest absolute Gasteiger partial charge is 0.324 e. The molecule has 1 aromatic carbocycles. The van der Waals surface area contributed by atoms with Crippen molar-refractivity contribution in [1.82, 2.24) is 4.98 Å². The molecule has 2 rings (SSSR count). The zero-order valence-corrected chi connectivity index (χ0v) is 10.4. The second kappa shape index (κ2) is 5.58. The molecule has 1 atom stereocenters. The molecule has 5 heteroatoms. The smallest absolute Gasteiger partial charge is 0.255 e. The Bertz CT molecular complexity index is 584. The molecule has 0 fully saturated rings. The summed E-state index contributed by atoms with van der Waals surface area (Å²) in [6.07, 6.45) is 3.13. The average molecular weight is 259 g/mol. The van der Waals surface area contributed by atoms with Gasteiger partial charge in [-0.1, -0.05) is 6.07 Å². The fraction of sp³-hybridized carbons (Fsp3) is 0.143. The normalized spacial score (nSPS) is 11.9. The maximum atomic E-state index is 13.7. The number of halogens is 1. The second-order valence-corrected chi connectivity index (χ2v) is 4.21. The molecule has 0 spiro atoms. The number of aromatic nitrogens is 1. The van der Waals surface area contributed by atoms with Crippen LogP contribution in [-0.2, 0) is 0 Å². The Kier molecular flexibility index (Phi) is 3.87. The minimum absolute atomic E-state index is 0.249. The summed E-state index contributed by atoms with van der Waals surface area (Å²) in [5, 5.41) is 2.66. The van der Waals surface area contributed by atoms with Gasteiger partial charge in [0.05, 0.1) is 0 Å². The molecule has 19 heavy (non-hydrogen) atoms. The maximum absolute atomic E-state index is 13.7. The minimum atomic E-state index is -0.475. The van der Waals surface area contributed by atoms with E-state index in [1.807, 2.05) is 0 Å². The summed E-state index contributed by atoms with van der Waals surface area (Å²) in [6, 6.07) is 7.18. The van der Waals surface area contributed by atoms with Crippen molar-refractivity contribution in [1.29, 1.82) is 0 Å². The van der Waals surface area contributed by atoms with Crippen LogP contribution in [-0.4, -0.2) is 10.9 Å². The van der Waals surface area contributed by atoms with Gasteiger partial charge in [-0.05, 0) is 31.2 Å². The predicted molar refractivity (Wildman–Crippen MR) is 71.2 cm³/mol. The molecule has 0 saturated carbocycles. The number of pyridine rings is 1. The van der Waals surface area contributed by atoms with Crippen molar-refractivity contribution in [2.75, 3.05) is 5.32 Å². The van der Waals surface area contributed by atoms with Gasteiger partial charge in [0.15, 0.2) is 0 Å². The molecule has 0 aliphatic heterocycles. The van der Waals surface area contributed by atoms with Crippen LogP contribution in [0.5, 0.6) is 0 Å². The fourth-order valence-corrected chi connectivity index (χ4v) is 1.68. The average Bonchev–Trinajstić information content (AvgIpc) is 2.39. The van der Waals surface area contributed by atoms with Gasteiger partial charge in [-0.25, -0.2) is 4.39 Å². The summed E-state index contributed by atoms with van der Waals surface area (Å²) in [5.74, 6) is -0.848. The van der Waals surface area contributed by atoms with Crippen LogP contribution in [0.25, 0.3) is 0 Å². The quantitative estimate of drug-likeness (QED) is 0.889. The molecular formula is C14H14FN3O. The third-order valence-corrected chi connectivity index (χ3v) is 2.69. The Morgan fingerprint density at radius 1 is 1.32 bits per heavy atom. The number of hydrogen-bond acceptors (Lipinski definition) is 3. The Balaban J connectivity index is 2.18. The summed E-state index contributed by atoms with van der Waals surface area (Å²) in [5.41, 5.74) is 6.86. The summed E-state index contributed by atoms with van der Waals surface area (Å²) < 4.78 is 13.7. The molecule has 1 amide bonds. The summed E-state index contributed by atoms with van der Waals surface area (Å²) in [7, 11) is 0. The van der Waals surface area contributed by atoms with Gasteiger partial charge in [-0.3, -0.25) is 9.78 Å². The van der Waals surface area contributed by atoms with Crippen LogP contribution in [0, 0.1) is 5.82 Å². The van der Waals surface area contributed by atoms with Crippen LogP contribution >= 0.6 is 0 Å². The van der Waals surface area contributed by atoms with E-state index in [9.17, 15) is 9.18 Å². The molecule has 0 saturated heterocycles. The standard InChI is InChI=1S/C14H14FN3O/c1-9(16)12-3-2-10(8-13(12)15)14(19)18-11-4-6-17-7-5-11/h2-9H,16H2,1H3,(H,17,18,19). The summed E-state index contributed by atoms with van der Waals surface area (Å²) in [6.45, 7) is 1.69.